The summed E-state index contributed by atoms with van der Waals surface area (Å²) in [6.07, 6.45) is 2.30. The number of hydrogen-bond donors (Lipinski definition) is 1. The van der Waals surface area contributed by atoms with Crippen molar-refractivity contribution in [1.29, 1.82) is 0 Å². The van der Waals surface area contributed by atoms with Gasteiger partial charge in [-0.2, -0.15) is 0 Å². The van der Waals surface area contributed by atoms with Gasteiger partial charge in [0.15, 0.2) is 11.5 Å². The van der Waals surface area contributed by atoms with E-state index in [4.69, 9.17) is 18.9 Å². The lowest BCUT2D eigenvalue weighted by Crippen LogP contribution is -2.07. The Morgan fingerprint density at radius 1 is 1.00 bits per heavy atom. The first-order valence-electron chi connectivity index (χ1n) is 8.04. The van der Waals surface area contributed by atoms with Crippen LogP contribution in [0.5, 0.6) is 23.0 Å². The van der Waals surface area contributed by atoms with Gasteiger partial charge in [-0.15, -0.1) is 0 Å². The Labute approximate surface area is 152 Å². The van der Waals surface area contributed by atoms with Gasteiger partial charge in [0.25, 0.3) is 0 Å². The van der Waals surface area contributed by atoms with Crippen molar-refractivity contribution in [2.75, 3.05) is 21.3 Å². The quantitative estimate of drug-likeness (QED) is 0.572. The highest BCUT2D eigenvalue weighted by molar-refractivity contribution is 5.90. The zero-order valence-corrected chi connectivity index (χ0v) is 15.2. The fraction of sp³-hybridized carbons (Fsp3) is 0.250. The van der Waals surface area contributed by atoms with E-state index in [1.54, 1.807) is 24.3 Å². The highest BCUT2D eigenvalue weighted by Crippen LogP contribution is 2.38. The topological polar surface area (TPSA) is 74.2 Å². The molecule has 0 aliphatic rings. The molecule has 2 rings (SSSR count). The Morgan fingerprint density at radius 3 is 2.00 bits per heavy atom. The predicted octanol–water partition coefficient (Wildman–Crippen LogP) is 3.78. The van der Waals surface area contributed by atoms with Gasteiger partial charge in [0.1, 0.15) is 5.75 Å². The molecular weight excluding hydrogens is 336 g/mol. The normalized spacial score (nSPS) is 11.0. The molecule has 0 spiro atoms. The maximum atomic E-state index is 11.6. The van der Waals surface area contributed by atoms with Gasteiger partial charge in [-0.3, -0.25) is 0 Å². The van der Waals surface area contributed by atoms with E-state index in [0.717, 1.165) is 12.0 Å². The fourth-order valence-electron chi connectivity index (χ4n) is 2.39. The Balaban J connectivity index is 2.39. The van der Waals surface area contributed by atoms with Crippen molar-refractivity contribution >= 4 is 12.0 Å². The summed E-state index contributed by atoms with van der Waals surface area (Å²) < 4.78 is 21.4. The third kappa shape index (κ3) is 4.47. The van der Waals surface area contributed by atoms with Crippen LogP contribution >= 0.6 is 0 Å². The number of rotatable bonds is 8. The van der Waals surface area contributed by atoms with Crippen molar-refractivity contribution in [3.8, 4) is 23.0 Å². The molecule has 6 heteroatoms. The Kier molecular flexibility index (Phi) is 6.49. The molecule has 0 saturated carbocycles. The molecule has 138 valence electrons. The van der Waals surface area contributed by atoms with E-state index in [0.29, 0.717) is 28.6 Å². The minimum atomic E-state index is -1.18. The number of aliphatic carboxylic acids is 1. The largest absolute Gasteiger partial charge is 0.493 e. The van der Waals surface area contributed by atoms with Crippen LogP contribution in [-0.4, -0.2) is 32.4 Å². The van der Waals surface area contributed by atoms with Gasteiger partial charge < -0.3 is 24.1 Å². The zero-order chi connectivity index (χ0) is 19.1. The van der Waals surface area contributed by atoms with Crippen LogP contribution < -0.4 is 18.9 Å². The van der Waals surface area contributed by atoms with E-state index in [-0.39, 0.29) is 5.76 Å². The number of carbonyl (C=O) groups is 1. The number of hydrogen-bond acceptors (Lipinski definition) is 5. The van der Waals surface area contributed by atoms with Gasteiger partial charge >= 0.3 is 5.97 Å². The predicted molar refractivity (Wildman–Crippen MR) is 98.2 cm³/mol. The molecule has 0 unspecified atom stereocenters. The van der Waals surface area contributed by atoms with Gasteiger partial charge in [-0.05, 0) is 47.9 Å². The van der Waals surface area contributed by atoms with Crippen molar-refractivity contribution in [2.45, 2.75) is 13.3 Å². The monoisotopic (exact) mass is 358 g/mol. The van der Waals surface area contributed by atoms with Crippen molar-refractivity contribution in [3.05, 3.63) is 53.3 Å². The molecule has 0 atom stereocenters. The number of carboxylic acid groups (broad SMARTS) is 1. The fourth-order valence-corrected chi connectivity index (χ4v) is 2.39. The SMILES string of the molecule is CCc1ccc(OC(=Cc2cc(OC)c(OC)c(OC)c2)C(=O)O)cc1. The summed E-state index contributed by atoms with van der Waals surface area (Å²) in [5.41, 5.74) is 1.69. The standard InChI is InChI=1S/C20H22O6/c1-5-13-6-8-15(9-7-13)26-18(20(21)22)12-14-10-16(23-2)19(25-4)17(11-14)24-3/h6-12H,5H2,1-4H3,(H,21,22). The Morgan fingerprint density at radius 2 is 1.58 bits per heavy atom. The van der Waals surface area contributed by atoms with Crippen molar-refractivity contribution in [2.24, 2.45) is 0 Å². The molecule has 26 heavy (non-hydrogen) atoms. The van der Waals surface area contributed by atoms with E-state index in [1.165, 1.54) is 27.4 Å². The number of benzene rings is 2. The summed E-state index contributed by atoms with van der Waals surface area (Å²) in [6, 6.07) is 10.6. The lowest BCUT2D eigenvalue weighted by molar-refractivity contribution is -0.134. The molecule has 0 heterocycles. The van der Waals surface area contributed by atoms with Crippen LogP contribution in [0.1, 0.15) is 18.1 Å². The summed E-state index contributed by atoms with van der Waals surface area (Å²) >= 11 is 0. The van der Waals surface area contributed by atoms with E-state index in [1.807, 2.05) is 19.1 Å². The lowest BCUT2D eigenvalue weighted by atomic mass is 10.1. The van der Waals surface area contributed by atoms with E-state index in [9.17, 15) is 9.90 Å². The Hall–Kier alpha value is -3.15. The first-order chi connectivity index (χ1) is 12.5. The van der Waals surface area contributed by atoms with Gasteiger partial charge in [-0.25, -0.2) is 4.79 Å². The van der Waals surface area contributed by atoms with Crippen LogP contribution in [0, 0.1) is 0 Å². The van der Waals surface area contributed by atoms with Gasteiger partial charge in [0.2, 0.25) is 11.5 Å². The number of methoxy groups -OCH3 is 3. The Bertz CT molecular complexity index is 767. The number of ether oxygens (including phenoxy) is 4. The van der Waals surface area contributed by atoms with E-state index < -0.39 is 5.97 Å². The maximum Gasteiger partial charge on any atom is 0.371 e. The molecule has 0 aliphatic carbocycles. The van der Waals surface area contributed by atoms with Crippen molar-refractivity contribution in [3.63, 3.8) is 0 Å². The van der Waals surface area contributed by atoms with E-state index in [2.05, 4.69) is 0 Å². The third-order valence-electron chi connectivity index (χ3n) is 3.76. The molecule has 0 amide bonds. The van der Waals surface area contributed by atoms with Crippen molar-refractivity contribution < 1.29 is 28.8 Å². The van der Waals surface area contributed by atoms with Gasteiger partial charge in [0.05, 0.1) is 21.3 Å². The minimum absolute atomic E-state index is 0.219. The zero-order valence-electron chi connectivity index (χ0n) is 15.2. The third-order valence-corrected chi connectivity index (χ3v) is 3.76. The molecule has 1 N–H and O–H groups in total. The lowest BCUT2D eigenvalue weighted by Gasteiger charge is -2.13. The molecule has 0 aromatic heterocycles. The molecule has 0 radical (unpaired) electrons. The van der Waals surface area contributed by atoms with Gasteiger partial charge in [-0.1, -0.05) is 19.1 Å². The molecule has 0 bridgehead atoms. The number of aryl methyl sites for hydroxylation is 1. The minimum Gasteiger partial charge on any atom is -0.493 e. The summed E-state index contributed by atoms with van der Waals surface area (Å²) in [4.78, 5) is 11.6. The first kappa shape index (κ1) is 19.2. The average Bonchev–Trinajstić information content (AvgIpc) is 2.66. The highest BCUT2D eigenvalue weighted by atomic mass is 16.5. The second-order valence-corrected chi connectivity index (χ2v) is 5.37. The first-order valence-corrected chi connectivity index (χ1v) is 8.04. The molecule has 0 fully saturated rings. The highest BCUT2D eigenvalue weighted by Gasteiger charge is 2.15. The molecular formula is C20H22O6. The van der Waals surface area contributed by atoms with Crippen LogP contribution in [0.15, 0.2) is 42.2 Å². The second kappa shape index (κ2) is 8.80. The van der Waals surface area contributed by atoms with E-state index >= 15 is 0 Å². The second-order valence-electron chi connectivity index (χ2n) is 5.37. The number of carboxylic acids is 1. The smallest absolute Gasteiger partial charge is 0.371 e. The average molecular weight is 358 g/mol. The molecule has 2 aromatic carbocycles. The summed E-state index contributed by atoms with van der Waals surface area (Å²) in [7, 11) is 4.49. The van der Waals surface area contributed by atoms with Crippen LogP contribution in [0.25, 0.3) is 6.08 Å². The summed E-state index contributed by atoms with van der Waals surface area (Å²) in [6.45, 7) is 2.04. The van der Waals surface area contributed by atoms with Gasteiger partial charge in [0, 0.05) is 0 Å². The molecule has 0 aliphatic heterocycles. The molecule has 6 nitrogen and oxygen atoms in total. The molecule has 0 saturated heterocycles. The summed E-state index contributed by atoms with van der Waals surface area (Å²) in [5.74, 6) is 0.329. The maximum absolute atomic E-state index is 11.6. The van der Waals surface area contributed by atoms with Crippen LogP contribution in [0.2, 0.25) is 0 Å². The summed E-state index contributed by atoms with van der Waals surface area (Å²) in [5, 5.41) is 9.47. The van der Waals surface area contributed by atoms with Crippen molar-refractivity contribution in [1.82, 2.24) is 0 Å². The van der Waals surface area contributed by atoms with Crippen LogP contribution in [-0.2, 0) is 11.2 Å². The van der Waals surface area contributed by atoms with Crippen LogP contribution in [0.3, 0.4) is 0 Å². The van der Waals surface area contributed by atoms with Crippen LogP contribution in [0.4, 0.5) is 0 Å². The molecule has 2 aromatic rings.